The van der Waals surface area contributed by atoms with Gasteiger partial charge in [-0.05, 0) is 6.42 Å². The lowest BCUT2D eigenvalue weighted by molar-refractivity contribution is -0.119. The van der Waals surface area contributed by atoms with Gasteiger partial charge in [-0.3, -0.25) is 0 Å². The molecule has 0 saturated heterocycles. The van der Waals surface area contributed by atoms with Crippen molar-refractivity contribution in [3.63, 3.8) is 0 Å². The van der Waals surface area contributed by atoms with Crippen LogP contribution in [0.5, 0.6) is 11.5 Å². The third-order valence-electron chi connectivity index (χ3n) is 2.74. The first kappa shape index (κ1) is 16.3. The number of nitrogen functional groups attached to an aromatic ring is 1. The monoisotopic (exact) mass is 292 g/mol. The van der Waals surface area contributed by atoms with E-state index < -0.39 is 12.7 Å². The van der Waals surface area contributed by atoms with E-state index in [0.29, 0.717) is 23.6 Å². The van der Waals surface area contributed by atoms with E-state index in [1.165, 1.54) is 31.3 Å². The predicted octanol–water partition coefficient (Wildman–Crippen LogP) is 3.06. The molecule has 7 heteroatoms. The first-order chi connectivity index (χ1) is 9.32. The minimum Gasteiger partial charge on any atom is -0.493 e. The van der Waals surface area contributed by atoms with Gasteiger partial charge in [0.25, 0.3) is 0 Å². The number of nitrogens with zero attached hydrogens (tertiary/aromatic N) is 1. The third-order valence-corrected chi connectivity index (χ3v) is 2.74. The van der Waals surface area contributed by atoms with Crippen LogP contribution in [0.3, 0.4) is 0 Å². The normalized spacial score (nSPS) is 11.3. The summed E-state index contributed by atoms with van der Waals surface area (Å²) < 4.78 is 48.1. The van der Waals surface area contributed by atoms with Crippen molar-refractivity contribution in [2.24, 2.45) is 0 Å². The molecule has 0 atom stereocenters. The molecule has 1 rings (SSSR count). The zero-order chi connectivity index (χ0) is 15.3. The first-order valence-electron chi connectivity index (χ1n) is 6.15. The molecule has 4 nitrogen and oxygen atoms in total. The molecular weight excluding hydrogens is 273 g/mol. The van der Waals surface area contributed by atoms with Crippen LogP contribution in [0.1, 0.15) is 13.3 Å². The SMILES string of the molecule is CCCN(CC(F)(F)F)c1cc(OC)c(OC)cc1N. The molecule has 0 fully saturated rings. The topological polar surface area (TPSA) is 47.7 Å². The molecule has 0 spiro atoms. The number of methoxy groups -OCH3 is 2. The van der Waals surface area contributed by atoms with E-state index in [9.17, 15) is 13.2 Å². The van der Waals surface area contributed by atoms with Gasteiger partial charge in [-0.2, -0.15) is 13.2 Å². The second-order valence-electron chi connectivity index (χ2n) is 4.30. The van der Waals surface area contributed by atoms with Crippen molar-refractivity contribution in [3.05, 3.63) is 12.1 Å². The van der Waals surface area contributed by atoms with Crippen LogP contribution in [0.15, 0.2) is 12.1 Å². The van der Waals surface area contributed by atoms with E-state index in [1.807, 2.05) is 0 Å². The first-order valence-corrected chi connectivity index (χ1v) is 6.15. The average molecular weight is 292 g/mol. The van der Waals surface area contributed by atoms with Gasteiger partial charge in [-0.15, -0.1) is 0 Å². The summed E-state index contributed by atoms with van der Waals surface area (Å²) in [7, 11) is 2.86. The van der Waals surface area contributed by atoms with Crippen molar-refractivity contribution in [3.8, 4) is 11.5 Å². The summed E-state index contributed by atoms with van der Waals surface area (Å²) in [5, 5.41) is 0. The van der Waals surface area contributed by atoms with Crippen LogP contribution in [0, 0.1) is 0 Å². The van der Waals surface area contributed by atoms with Gasteiger partial charge in [0.05, 0.1) is 25.6 Å². The number of nitrogens with two attached hydrogens (primary N) is 1. The highest BCUT2D eigenvalue weighted by Gasteiger charge is 2.31. The quantitative estimate of drug-likeness (QED) is 0.819. The van der Waals surface area contributed by atoms with E-state index in [-0.39, 0.29) is 12.2 Å². The summed E-state index contributed by atoms with van der Waals surface area (Å²) in [6.07, 6.45) is -3.72. The summed E-state index contributed by atoms with van der Waals surface area (Å²) in [5.41, 5.74) is 6.34. The lowest BCUT2D eigenvalue weighted by Gasteiger charge is -2.27. The molecule has 0 aliphatic rings. The zero-order valence-corrected chi connectivity index (χ0v) is 11.8. The summed E-state index contributed by atoms with van der Waals surface area (Å²) in [6, 6.07) is 2.93. The van der Waals surface area contributed by atoms with Gasteiger partial charge in [0.2, 0.25) is 0 Å². The van der Waals surface area contributed by atoms with E-state index in [4.69, 9.17) is 15.2 Å². The third kappa shape index (κ3) is 4.11. The van der Waals surface area contributed by atoms with Crippen LogP contribution in [0.4, 0.5) is 24.5 Å². The van der Waals surface area contributed by atoms with Gasteiger partial charge in [-0.25, -0.2) is 0 Å². The molecule has 0 amide bonds. The maximum absolute atomic E-state index is 12.6. The van der Waals surface area contributed by atoms with E-state index in [2.05, 4.69) is 0 Å². The van der Waals surface area contributed by atoms with Crippen molar-refractivity contribution in [1.29, 1.82) is 0 Å². The average Bonchev–Trinajstić information content (AvgIpc) is 2.36. The smallest absolute Gasteiger partial charge is 0.405 e. The Morgan fingerprint density at radius 2 is 1.70 bits per heavy atom. The van der Waals surface area contributed by atoms with Crippen LogP contribution in [-0.2, 0) is 0 Å². The van der Waals surface area contributed by atoms with Crippen LogP contribution in [0.2, 0.25) is 0 Å². The Kier molecular flexibility index (Phi) is 5.35. The summed E-state index contributed by atoms with van der Waals surface area (Å²) in [5.74, 6) is 0.734. The Morgan fingerprint density at radius 1 is 1.15 bits per heavy atom. The molecule has 114 valence electrons. The van der Waals surface area contributed by atoms with Crippen LogP contribution < -0.4 is 20.1 Å². The number of hydrogen-bond donors (Lipinski definition) is 1. The molecule has 20 heavy (non-hydrogen) atoms. The Labute approximate surface area is 116 Å². The highest BCUT2D eigenvalue weighted by atomic mass is 19.4. The number of anilines is 2. The fraction of sp³-hybridized carbons (Fsp3) is 0.538. The van der Waals surface area contributed by atoms with Crippen LogP contribution in [0.25, 0.3) is 0 Å². The lowest BCUT2D eigenvalue weighted by atomic mass is 10.2. The van der Waals surface area contributed by atoms with Crippen molar-refractivity contribution in [1.82, 2.24) is 0 Å². The highest BCUT2D eigenvalue weighted by Crippen LogP contribution is 2.37. The molecule has 0 aromatic heterocycles. The molecule has 1 aromatic rings. The molecule has 0 aliphatic carbocycles. The minimum atomic E-state index is -4.30. The number of ether oxygens (including phenoxy) is 2. The van der Waals surface area contributed by atoms with Crippen molar-refractivity contribution >= 4 is 11.4 Å². The molecule has 0 radical (unpaired) electrons. The molecule has 0 saturated carbocycles. The molecule has 1 aromatic carbocycles. The number of rotatable bonds is 6. The van der Waals surface area contributed by atoms with Gasteiger partial charge in [-0.1, -0.05) is 6.92 Å². The Morgan fingerprint density at radius 3 is 2.15 bits per heavy atom. The van der Waals surface area contributed by atoms with Crippen molar-refractivity contribution in [2.75, 3.05) is 37.9 Å². The van der Waals surface area contributed by atoms with E-state index >= 15 is 0 Å². The van der Waals surface area contributed by atoms with Gasteiger partial charge < -0.3 is 20.1 Å². The zero-order valence-electron chi connectivity index (χ0n) is 11.8. The lowest BCUT2D eigenvalue weighted by Crippen LogP contribution is -2.35. The minimum absolute atomic E-state index is 0.223. The summed E-state index contributed by atoms with van der Waals surface area (Å²) >= 11 is 0. The highest BCUT2D eigenvalue weighted by molar-refractivity contribution is 5.73. The molecule has 0 bridgehead atoms. The van der Waals surface area contributed by atoms with Crippen molar-refractivity contribution in [2.45, 2.75) is 19.5 Å². The van der Waals surface area contributed by atoms with E-state index in [0.717, 1.165) is 0 Å². The van der Waals surface area contributed by atoms with Gasteiger partial charge in [0.15, 0.2) is 11.5 Å². The largest absolute Gasteiger partial charge is 0.493 e. The Balaban J connectivity index is 3.18. The molecule has 2 N–H and O–H groups in total. The fourth-order valence-electron chi connectivity index (χ4n) is 1.93. The molecule has 0 unspecified atom stereocenters. The number of alkyl halides is 3. The fourth-order valence-corrected chi connectivity index (χ4v) is 1.93. The molecular formula is C13H19F3N2O2. The molecule has 0 heterocycles. The van der Waals surface area contributed by atoms with E-state index in [1.54, 1.807) is 6.92 Å². The predicted molar refractivity (Wildman–Crippen MR) is 72.5 cm³/mol. The number of benzene rings is 1. The van der Waals surface area contributed by atoms with Gasteiger partial charge in [0.1, 0.15) is 6.54 Å². The Bertz CT molecular complexity index is 450. The van der Waals surface area contributed by atoms with Crippen LogP contribution in [-0.4, -0.2) is 33.5 Å². The summed E-state index contributed by atoms with van der Waals surface area (Å²) in [6.45, 7) is 1.00. The van der Waals surface area contributed by atoms with Crippen molar-refractivity contribution < 1.29 is 22.6 Å². The second kappa shape index (κ2) is 6.58. The van der Waals surface area contributed by atoms with Gasteiger partial charge >= 0.3 is 6.18 Å². The number of halogens is 3. The van der Waals surface area contributed by atoms with Crippen LogP contribution >= 0.6 is 0 Å². The maximum Gasteiger partial charge on any atom is 0.405 e. The maximum atomic E-state index is 12.6. The number of hydrogen-bond acceptors (Lipinski definition) is 4. The second-order valence-corrected chi connectivity index (χ2v) is 4.30. The molecule has 0 aliphatic heterocycles. The Hall–Kier alpha value is -1.79. The summed E-state index contributed by atoms with van der Waals surface area (Å²) in [4.78, 5) is 1.19. The standard InChI is InChI=1S/C13H19F3N2O2/c1-4-5-18(8-13(14,15)16)10-7-12(20-3)11(19-2)6-9(10)17/h6-7H,4-5,8,17H2,1-3H3. The van der Waals surface area contributed by atoms with Gasteiger partial charge in [0, 0.05) is 18.7 Å².